The van der Waals surface area contributed by atoms with Gasteiger partial charge in [-0.15, -0.1) is 0 Å². The highest BCUT2D eigenvalue weighted by Crippen LogP contribution is 2.39. The van der Waals surface area contributed by atoms with E-state index in [2.05, 4.69) is 6.07 Å². The van der Waals surface area contributed by atoms with Crippen LogP contribution in [0.1, 0.15) is 22.6 Å². The van der Waals surface area contributed by atoms with Crippen molar-refractivity contribution in [1.82, 2.24) is 9.13 Å². The van der Waals surface area contributed by atoms with Gasteiger partial charge in [0.2, 0.25) is 11.8 Å². The van der Waals surface area contributed by atoms with Crippen molar-refractivity contribution in [3.63, 3.8) is 0 Å². The van der Waals surface area contributed by atoms with E-state index in [1.54, 1.807) is 0 Å². The summed E-state index contributed by atoms with van der Waals surface area (Å²) in [6, 6.07) is 9.48. The van der Waals surface area contributed by atoms with Crippen LogP contribution in [0.3, 0.4) is 0 Å². The molecule has 1 aromatic carbocycles. The summed E-state index contributed by atoms with van der Waals surface area (Å²) in [4.78, 5) is 24.8. The van der Waals surface area contributed by atoms with Crippen LogP contribution in [0, 0.1) is 29.6 Å². The molecular formula is C17H16N4O3. The van der Waals surface area contributed by atoms with E-state index in [1.165, 1.54) is 18.7 Å². The molecule has 7 nitrogen and oxygen atoms in total. The molecule has 0 saturated heterocycles. The number of rotatable bonds is 1. The zero-order chi connectivity index (χ0) is 17.6. The zero-order valence-corrected chi connectivity index (χ0v) is 13.5. The Morgan fingerprint density at radius 1 is 1.17 bits per heavy atom. The van der Waals surface area contributed by atoms with Crippen molar-refractivity contribution in [3.05, 3.63) is 61.8 Å². The van der Waals surface area contributed by atoms with Crippen LogP contribution >= 0.6 is 0 Å². The molecule has 1 aliphatic heterocycles. The number of nitrogens with one attached hydrogen (secondary N) is 1. The molecule has 2 heterocycles. The Labute approximate surface area is 137 Å². The van der Waals surface area contributed by atoms with E-state index >= 15 is 0 Å². The maximum atomic E-state index is 12.7. The van der Waals surface area contributed by atoms with Crippen molar-refractivity contribution in [2.24, 2.45) is 20.0 Å². The predicted octanol–water partition coefficient (Wildman–Crippen LogP) is 1.03. The van der Waals surface area contributed by atoms with Gasteiger partial charge in [0.25, 0.3) is 5.56 Å². The average molecular weight is 324 g/mol. The van der Waals surface area contributed by atoms with E-state index in [4.69, 9.17) is 10.1 Å². The Kier molecular flexibility index (Phi) is 3.60. The second-order valence-electron chi connectivity index (χ2n) is 5.89. The molecule has 0 aliphatic carbocycles. The fourth-order valence-corrected chi connectivity index (χ4v) is 2.99. The van der Waals surface area contributed by atoms with Crippen LogP contribution in [-0.2, 0) is 14.1 Å². The molecule has 1 aliphatic rings. The number of hydrogen-bond donors (Lipinski definition) is 1. The Balaban J connectivity index is 2.38. The minimum atomic E-state index is -0.926. The van der Waals surface area contributed by atoms with Crippen LogP contribution in [0.25, 0.3) is 0 Å². The van der Waals surface area contributed by atoms with Gasteiger partial charge in [0, 0.05) is 20.0 Å². The van der Waals surface area contributed by atoms with Gasteiger partial charge in [-0.2, -0.15) is 5.26 Å². The first-order valence-corrected chi connectivity index (χ1v) is 7.39. The number of nitrogens with zero attached hydrogens (tertiary/aromatic N) is 3. The van der Waals surface area contributed by atoms with Crippen molar-refractivity contribution in [2.45, 2.75) is 12.8 Å². The topological polar surface area (TPSA) is 101 Å². The van der Waals surface area contributed by atoms with E-state index in [1.807, 2.05) is 31.2 Å². The lowest BCUT2D eigenvalue weighted by atomic mass is 9.80. The summed E-state index contributed by atoms with van der Waals surface area (Å²) >= 11 is 0. The minimum absolute atomic E-state index is 0.0326. The highest BCUT2D eigenvalue weighted by atomic mass is 16.5. The molecule has 0 fully saturated rings. The summed E-state index contributed by atoms with van der Waals surface area (Å²) in [7, 11) is 2.87. The predicted molar refractivity (Wildman–Crippen MR) is 87.4 cm³/mol. The largest absolute Gasteiger partial charge is 0.425 e. The first-order valence-electron chi connectivity index (χ1n) is 7.39. The summed E-state index contributed by atoms with van der Waals surface area (Å²) in [6.07, 6.45) is 0. The molecule has 7 heteroatoms. The molecule has 0 radical (unpaired) electrons. The van der Waals surface area contributed by atoms with Crippen molar-refractivity contribution >= 4 is 5.90 Å². The third-order valence-electron chi connectivity index (χ3n) is 4.35. The van der Waals surface area contributed by atoms with Crippen LogP contribution in [0.2, 0.25) is 0 Å². The van der Waals surface area contributed by atoms with Crippen LogP contribution in [-0.4, -0.2) is 15.0 Å². The maximum absolute atomic E-state index is 12.7. The van der Waals surface area contributed by atoms with Gasteiger partial charge in [-0.3, -0.25) is 19.3 Å². The third kappa shape index (κ3) is 2.15. The summed E-state index contributed by atoms with van der Waals surface area (Å²) in [5.74, 6) is -1.81. The molecule has 1 N–H and O–H groups in total. The van der Waals surface area contributed by atoms with Crippen LogP contribution in [0.15, 0.2) is 33.9 Å². The Morgan fingerprint density at radius 3 is 2.38 bits per heavy atom. The van der Waals surface area contributed by atoms with Gasteiger partial charge in [0.05, 0.1) is 11.6 Å². The molecule has 24 heavy (non-hydrogen) atoms. The lowest BCUT2D eigenvalue weighted by Gasteiger charge is -2.30. The monoisotopic (exact) mass is 324 g/mol. The molecule has 0 saturated carbocycles. The van der Waals surface area contributed by atoms with Gasteiger partial charge < -0.3 is 4.74 Å². The van der Waals surface area contributed by atoms with E-state index in [9.17, 15) is 14.9 Å². The smallest absolute Gasteiger partial charge is 0.333 e. The average Bonchev–Trinajstić information content (AvgIpc) is 2.57. The first kappa shape index (κ1) is 15.7. The molecule has 122 valence electrons. The van der Waals surface area contributed by atoms with Gasteiger partial charge in [-0.1, -0.05) is 29.8 Å². The summed E-state index contributed by atoms with van der Waals surface area (Å²) in [5, 5.41) is 17.5. The quantitative estimate of drug-likeness (QED) is 0.846. The summed E-state index contributed by atoms with van der Waals surface area (Å²) in [6.45, 7) is 1.94. The van der Waals surface area contributed by atoms with Crippen molar-refractivity contribution in [2.75, 3.05) is 0 Å². The van der Waals surface area contributed by atoms with E-state index in [-0.39, 0.29) is 17.3 Å². The maximum Gasteiger partial charge on any atom is 0.333 e. The Bertz CT molecular complexity index is 993. The number of aromatic nitrogens is 2. The minimum Gasteiger partial charge on any atom is -0.425 e. The zero-order valence-electron chi connectivity index (χ0n) is 13.5. The fraction of sp³-hybridized carbons (Fsp3) is 0.294. The number of nitriles is 1. The molecule has 0 amide bonds. The highest BCUT2D eigenvalue weighted by molar-refractivity contribution is 5.84. The number of benzene rings is 1. The third-order valence-corrected chi connectivity index (χ3v) is 4.35. The molecule has 2 aromatic rings. The Hall–Kier alpha value is -3.14. The van der Waals surface area contributed by atoms with Gasteiger partial charge in [-0.05, 0) is 12.5 Å². The lowest BCUT2D eigenvalue weighted by Crippen LogP contribution is -2.45. The first-order chi connectivity index (χ1) is 11.4. The number of hydrogen-bond acceptors (Lipinski definition) is 5. The number of ether oxygens (including phenoxy) is 1. The molecular weight excluding hydrogens is 308 g/mol. The molecule has 1 aromatic heterocycles. The second-order valence-corrected chi connectivity index (χ2v) is 5.89. The second kappa shape index (κ2) is 5.49. The highest BCUT2D eigenvalue weighted by Gasteiger charge is 2.40. The van der Waals surface area contributed by atoms with Gasteiger partial charge >= 0.3 is 5.69 Å². The summed E-state index contributed by atoms with van der Waals surface area (Å²) in [5.41, 5.74) is 0.960. The number of aryl methyl sites for hydroxylation is 1. The van der Waals surface area contributed by atoms with Crippen LogP contribution in [0.4, 0.5) is 0 Å². The molecule has 0 bridgehead atoms. The lowest BCUT2D eigenvalue weighted by molar-refractivity contribution is 0.395. The molecule has 2 unspecified atom stereocenters. The van der Waals surface area contributed by atoms with E-state index in [0.717, 1.165) is 15.7 Å². The van der Waals surface area contributed by atoms with Crippen LogP contribution < -0.4 is 16.0 Å². The summed E-state index contributed by atoms with van der Waals surface area (Å²) < 4.78 is 7.56. The molecule has 3 rings (SSSR count). The normalized spacial score (nSPS) is 19.3. The van der Waals surface area contributed by atoms with Gasteiger partial charge in [0.1, 0.15) is 5.92 Å². The number of fused-ring (bicyclic) bond motifs is 1. The van der Waals surface area contributed by atoms with Gasteiger partial charge in [-0.25, -0.2) is 4.79 Å². The molecule has 2 atom stereocenters. The molecule has 0 spiro atoms. The van der Waals surface area contributed by atoms with E-state index < -0.39 is 23.1 Å². The van der Waals surface area contributed by atoms with Crippen molar-refractivity contribution < 1.29 is 4.74 Å². The van der Waals surface area contributed by atoms with Crippen molar-refractivity contribution in [3.8, 4) is 11.9 Å². The fourth-order valence-electron chi connectivity index (χ4n) is 2.99. The Morgan fingerprint density at radius 2 is 1.79 bits per heavy atom. The van der Waals surface area contributed by atoms with E-state index in [0.29, 0.717) is 0 Å². The standard InChI is InChI=1S/C17H16N4O3/c1-9-4-6-10(7-5-9)12-11(8-18)14(19)24-16-13(12)15(22)20(2)17(23)21(16)3/h4-7,11-12,19H,1-3H3. The van der Waals surface area contributed by atoms with Gasteiger partial charge in [0.15, 0.2) is 0 Å². The SMILES string of the molecule is Cc1ccc(C2c3c(n(C)c(=O)n(C)c3=O)OC(=N)C2C#N)cc1. The van der Waals surface area contributed by atoms with Crippen LogP contribution in [0.5, 0.6) is 5.88 Å². The van der Waals surface area contributed by atoms with Crippen molar-refractivity contribution in [1.29, 1.82) is 10.7 Å².